The molecule has 0 saturated heterocycles. The molecule has 126 valence electrons. The summed E-state index contributed by atoms with van der Waals surface area (Å²) in [6.07, 6.45) is 0. The van der Waals surface area contributed by atoms with Crippen LogP contribution in [-0.2, 0) is 9.59 Å². The molecule has 0 fully saturated rings. The van der Waals surface area contributed by atoms with Gasteiger partial charge in [-0.3, -0.25) is 9.59 Å². The SMILES string of the molecule is COc1cc(Cl)c(C)cc1NC(=O)C(=O)Nc1ccc(C)c(Cl)c1. The van der Waals surface area contributed by atoms with Gasteiger partial charge in [-0.15, -0.1) is 0 Å². The molecule has 2 aromatic rings. The molecular weight excluding hydrogens is 351 g/mol. The minimum absolute atomic E-state index is 0.362. The highest BCUT2D eigenvalue weighted by molar-refractivity contribution is 6.44. The van der Waals surface area contributed by atoms with Crippen molar-refractivity contribution in [2.75, 3.05) is 17.7 Å². The number of hydrogen-bond donors (Lipinski definition) is 2. The van der Waals surface area contributed by atoms with Crippen molar-refractivity contribution in [3.8, 4) is 5.75 Å². The van der Waals surface area contributed by atoms with Crippen molar-refractivity contribution in [2.24, 2.45) is 0 Å². The minimum atomic E-state index is -0.827. The largest absolute Gasteiger partial charge is 0.495 e. The number of aryl methyl sites for hydroxylation is 2. The van der Waals surface area contributed by atoms with Crippen molar-refractivity contribution in [1.82, 2.24) is 0 Å². The van der Waals surface area contributed by atoms with Gasteiger partial charge < -0.3 is 15.4 Å². The topological polar surface area (TPSA) is 67.4 Å². The van der Waals surface area contributed by atoms with Gasteiger partial charge in [0.15, 0.2) is 0 Å². The molecule has 0 radical (unpaired) electrons. The van der Waals surface area contributed by atoms with Crippen LogP contribution in [0.3, 0.4) is 0 Å². The van der Waals surface area contributed by atoms with E-state index in [-0.39, 0.29) is 0 Å². The third kappa shape index (κ3) is 4.19. The van der Waals surface area contributed by atoms with Crippen LogP contribution in [0.1, 0.15) is 11.1 Å². The molecule has 0 aliphatic carbocycles. The van der Waals surface area contributed by atoms with E-state index in [1.807, 2.05) is 6.92 Å². The molecule has 0 saturated carbocycles. The van der Waals surface area contributed by atoms with Gasteiger partial charge in [0.2, 0.25) is 0 Å². The van der Waals surface area contributed by atoms with Gasteiger partial charge in [0, 0.05) is 21.8 Å². The monoisotopic (exact) mass is 366 g/mol. The van der Waals surface area contributed by atoms with Gasteiger partial charge in [-0.25, -0.2) is 0 Å². The van der Waals surface area contributed by atoms with E-state index in [0.29, 0.717) is 27.2 Å². The van der Waals surface area contributed by atoms with Crippen LogP contribution < -0.4 is 15.4 Å². The lowest BCUT2D eigenvalue weighted by molar-refractivity contribution is -0.133. The Bertz CT molecular complexity index is 807. The summed E-state index contributed by atoms with van der Waals surface area (Å²) in [6.45, 7) is 3.63. The van der Waals surface area contributed by atoms with Gasteiger partial charge in [0.05, 0.1) is 12.8 Å². The van der Waals surface area contributed by atoms with E-state index in [1.165, 1.54) is 7.11 Å². The van der Waals surface area contributed by atoms with Crippen LogP contribution in [0.4, 0.5) is 11.4 Å². The third-order valence-electron chi connectivity index (χ3n) is 3.36. The van der Waals surface area contributed by atoms with Crippen LogP contribution in [0, 0.1) is 13.8 Å². The number of carbonyl (C=O) groups is 2. The number of ether oxygens (including phenoxy) is 1. The van der Waals surface area contributed by atoms with E-state index in [2.05, 4.69) is 10.6 Å². The van der Waals surface area contributed by atoms with Gasteiger partial charge in [0.25, 0.3) is 0 Å². The van der Waals surface area contributed by atoms with Crippen LogP contribution in [0.2, 0.25) is 10.0 Å². The molecular formula is C17H16Cl2N2O3. The lowest BCUT2D eigenvalue weighted by Gasteiger charge is -2.12. The van der Waals surface area contributed by atoms with Crippen LogP contribution >= 0.6 is 23.2 Å². The Morgan fingerprint density at radius 2 is 1.54 bits per heavy atom. The van der Waals surface area contributed by atoms with Crippen LogP contribution in [-0.4, -0.2) is 18.9 Å². The van der Waals surface area contributed by atoms with Crippen molar-refractivity contribution in [3.05, 3.63) is 51.5 Å². The zero-order chi connectivity index (χ0) is 17.9. The normalized spacial score (nSPS) is 10.2. The molecule has 5 nitrogen and oxygen atoms in total. The molecule has 0 heterocycles. The summed E-state index contributed by atoms with van der Waals surface area (Å²) in [7, 11) is 1.45. The van der Waals surface area contributed by atoms with Crippen LogP contribution in [0.25, 0.3) is 0 Å². The van der Waals surface area contributed by atoms with Gasteiger partial charge in [-0.1, -0.05) is 29.3 Å². The fourth-order valence-corrected chi connectivity index (χ4v) is 2.30. The summed E-state index contributed by atoms with van der Waals surface area (Å²) in [5.74, 6) is -1.28. The molecule has 24 heavy (non-hydrogen) atoms. The maximum absolute atomic E-state index is 12.1. The molecule has 2 N–H and O–H groups in total. The lowest BCUT2D eigenvalue weighted by Crippen LogP contribution is -2.29. The first-order valence-corrected chi connectivity index (χ1v) is 7.80. The molecule has 0 bridgehead atoms. The number of amides is 2. The van der Waals surface area contributed by atoms with Crippen molar-refractivity contribution >= 4 is 46.4 Å². The Morgan fingerprint density at radius 1 is 0.917 bits per heavy atom. The predicted octanol–water partition coefficient (Wildman–Crippen LogP) is 4.20. The summed E-state index contributed by atoms with van der Waals surface area (Å²) in [5.41, 5.74) is 2.42. The lowest BCUT2D eigenvalue weighted by atomic mass is 10.2. The van der Waals surface area contributed by atoms with E-state index >= 15 is 0 Å². The molecule has 0 unspecified atom stereocenters. The van der Waals surface area contributed by atoms with Crippen molar-refractivity contribution in [1.29, 1.82) is 0 Å². The Kier molecular flexibility index (Phi) is 5.70. The summed E-state index contributed by atoms with van der Waals surface area (Å²) in [4.78, 5) is 24.1. The van der Waals surface area contributed by atoms with E-state index < -0.39 is 11.8 Å². The third-order valence-corrected chi connectivity index (χ3v) is 4.18. The van der Waals surface area contributed by atoms with E-state index in [1.54, 1.807) is 37.3 Å². The van der Waals surface area contributed by atoms with Crippen molar-refractivity contribution in [3.63, 3.8) is 0 Å². The number of nitrogens with one attached hydrogen (secondary N) is 2. The molecule has 7 heteroatoms. The van der Waals surface area contributed by atoms with Crippen LogP contribution in [0.15, 0.2) is 30.3 Å². The highest BCUT2D eigenvalue weighted by atomic mass is 35.5. The Hall–Kier alpha value is -2.24. The number of methoxy groups -OCH3 is 1. The quantitative estimate of drug-likeness (QED) is 0.800. The summed E-state index contributed by atoms with van der Waals surface area (Å²) in [5, 5.41) is 6.01. The Morgan fingerprint density at radius 3 is 2.17 bits per heavy atom. The molecule has 2 rings (SSSR count). The van der Waals surface area contributed by atoms with E-state index in [4.69, 9.17) is 27.9 Å². The van der Waals surface area contributed by atoms with Crippen molar-refractivity contribution < 1.29 is 14.3 Å². The average Bonchev–Trinajstić information content (AvgIpc) is 2.54. The summed E-state index contributed by atoms with van der Waals surface area (Å²) < 4.78 is 5.16. The van der Waals surface area contributed by atoms with E-state index in [0.717, 1.165) is 11.1 Å². The zero-order valence-electron chi connectivity index (χ0n) is 13.4. The Balaban J connectivity index is 2.13. The maximum Gasteiger partial charge on any atom is 0.314 e. The molecule has 0 aromatic heterocycles. The molecule has 2 aromatic carbocycles. The second-order valence-electron chi connectivity index (χ2n) is 5.17. The number of halogens is 2. The summed E-state index contributed by atoms with van der Waals surface area (Å²) in [6, 6.07) is 8.20. The molecule has 0 spiro atoms. The Labute approximate surface area is 149 Å². The number of rotatable bonds is 3. The molecule has 2 amide bonds. The van der Waals surface area contributed by atoms with Gasteiger partial charge in [-0.05, 0) is 43.2 Å². The zero-order valence-corrected chi connectivity index (χ0v) is 14.9. The number of hydrogen-bond acceptors (Lipinski definition) is 3. The predicted molar refractivity (Wildman–Crippen MR) is 96.2 cm³/mol. The minimum Gasteiger partial charge on any atom is -0.495 e. The van der Waals surface area contributed by atoms with E-state index in [9.17, 15) is 9.59 Å². The first-order valence-electron chi connectivity index (χ1n) is 7.04. The second kappa shape index (κ2) is 7.55. The van der Waals surface area contributed by atoms with Gasteiger partial charge in [-0.2, -0.15) is 0 Å². The smallest absolute Gasteiger partial charge is 0.314 e. The average molecular weight is 367 g/mol. The maximum atomic E-state index is 12.1. The highest BCUT2D eigenvalue weighted by Crippen LogP contribution is 2.31. The van der Waals surface area contributed by atoms with Crippen LogP contribution in [0.5, 0.6) is 5.75 Å². The number of benzene rings is 2. The fraction of sp³-hybridized carbons (Fsp3) is 0.176. The number of anilines is 2. The van der Waals surface area contributed by atoms with Gasteiger partial charge in [0.1, 0.15) is 5.75 Å². The molecule has 0 aliphatic rings. The first-order chi connectivity index (χ1) is 11.3. The van der Waals surface area contributed by atoms with Crippen molar-refractivity contribution in [2.45, 2.75) is 13.8 Å². The fourth-order valence-electron chi connectivity index (χ4n) is 1.97. The molecule has 0 aliphatic heterocycles. The second-order valence-corrected chi connectivity index (χ2v) is 5.99. The van der Waals surface area contributed by atoms with Gasteiger partial charge >= 0.3 is 11.8 Å². The standard InChI is InChI=1S/C17H16Cl2N2O3/c1-9-4-5-11(7-12(9)18)20-16(22)17(23)21-14-6-10(2)13(19)8-15(14)24-3/h4-8H,1-3H3,(H,20,22)(H,21,23). The highest BCUT2D eigenvalue weighted by Gasteiger charge is 2.17. The summed E-state index contributed by atoms with van der Waals surface area (Å²) >= 11 is 12.0. The first kappa shape index (κ1) is 18.1. The number of carbonyl (C=O) groups excluding carboxylic acids is 2. The molecule has 0 atom stereocenters.